The van der Waals surface area contributed by atoms with Crippen molar-refractivity contribution in [1.29, 1.82) is 0 Å². The highest BCUT2D eigenvalue weighted by Gasteiger charge is 2.43. The molecular formula is C16H25N3O4. The molecule has 1 aromatic rings. The lowest BCUT2D eigenvalue weighted by Gasteiger charge is -2.51. The minimum Gasteiger partial charge on any atom is -0.383 e. The fraction of sp³-hybridized carbons (Fsp3) is 0.750. The number of nitrogens with zero attached hydrogens (tertiary/aromatic N) is 3. The van der Waals surface area contributed by atoms with Crippen LogP contribution in [-0.4, -0.2) is 79.5 Å². The second-order valence-corrected chi connectivity index (χ2v) is 6.37. The van der Waals surface area contributed by atoms with Gasteiger partial charge in [-0.15, -0.1) is 0 Å². The van der Waals surface area contributed by atoms with Gasteiger partial charge in [0.05, 0.1) is 19.8 Å². The molecule has 23 heavy (non-hydrogen) atoms. The average molecular weight is 323 g/mol. The molecule has 0 aromatic carbocycles. The summed E-state index contributed by atoms with van der Waals surface area (Å²) in [6, 6.07) is 1.70. The van der Waals surface area contributed by atoms with Gasteiger partial charge in [-0.1, -0.05) is 5.16 Å². The molecular weight excluding hydrogens is 298 g/mol. The molecule has 0 N–H and O–H groups in total. The topological polar surface area (TPSA) is 68.0 Å². The quantitative estimate of drug-likeness (QED) is 0.821. The number of ether oxygens (including phenoxy) is 2. The summed E-state index contributed by atoms with van der Waals surface area (Å²) in [6.45, 7) is 7.31. The van der Waals surface area contributed by atoms with E-state index in [1.165, 1.54) is 0 Å². The molecule has 0 atom stereocenters. The van der Waals surface area contributed by atoms with Gasteiger partial charge in [-0.25, -0.2) is 0 Å². The minimum absolute atomic E-state index is 0.0350. The molecule has 3 heterocycles. The molecule has 1 amide bonds. The molecule has 2 saturated heterocycles. The van der Waals surface area contributed by atoms with Crippen LogP contribution in [0.15, 0.2) is 10.6 Å². The second-order valence-electron chi connectivity index (χ2n) is 6.37. The Morgan fingerprint density at radius 2 is 2.17 bits per heavy atom. The maximum Gasteiger partial charge on any atom is 0.276 e. The Morgan fingerprint density at radius 3 is 2.83 bits per heavy atom. The van der Waals surface area contributed by atoms with Crippen LogP contribution in [0, 0.1) is 6.92 Å². The summed E-state index contributed by atoms with van der Waals surface area (Å²) in [5.74, 6) is 0.616. The maximum absolute atomic E-state index is 12.5. The number of aryl methyl sites for hydroxylation is 1. The van der Waals surface area contributed by atoms with E-state index in [1.54, 1.807) is 20.1 Å². The number of rotatable bonds is 4. The van der Waals surface area contributed by atoms with Gasteiger partial charge in [0.2, 0.25) is 0 Å². The van der Waals surface area contributed by atoms with Crippen LogP contribution in [0.1, 0.15) is 29.1 Å². The van der Waals surface area contributed by atoms with Crippen molar-refractivity contribution < 1.29 is 18.8 Å². The van der Waals surface area contributed by atoms with Gasteiger partial charge in [-0.3, -0.25) is 9.69 Å². The lowest BCUT2D eigenvalue weighted by molar-refractivity contribution is -0.0969. The fourth-order valence-electron chi connectivity index (χ4n) is 3.53. The Kier molecular flexibility index (Phi) is 4.99. The monoisotopic (exact) mass is 323 g/mol. The van der Waals surface area contributed by atoms with Crippen LogP contribution in [0.3, 0.4) is 0 Å². The molecule has 0 aliphatic carbocycles. The van der Waals surface area contributed by atoms with E-state index in [9.17, 15) is 4.79 Å². The Balaban J connectivity index is 1.63. The van der Waals surface area contributed by atoms with E-state index in [-0.39, 0.29) is 11.4 Å². The third-order valence-corrected chi connectivity index (χ3v) is 4.94. The molecule has 3 rings (SSSR count). The highest BCUT2D eigenvalue weighted by Crippen LogP contribution is 2.32. The summed E-state index contributed by atoms with van der Waals surface area (Å²) in [5.41, 5.74) is 0.433. The molecule has 7 heteroatoms. The van der Waals surface area contributed by atoms with Gasteiger partial charge in [-0.05, 0) is 19.8 Å². The first-order chi connectivity index (χ1) is 11.1. The van der Waals surface area contributed by atoms with Gasteiger partial charge in [0, 0.05) is 44.9 Å². The number of hydrogen-bond acceptors (Lipinski definition) is 6. The Bertz CT molecular complexity index is 537. The molecule has 1 spiro atoms. The highest BCUT2D eigenvalue weighted by atomic mass is 16.5. The molecule has 0 bridgehead atoms. The van der Waals surface area contributed by atoms with Gasteiger partial charge in [0.15, 0.2) is 5.69 Å². The van der Waals surface area contributed by atoms with Crippen LogP contribution in [0.2, 0.25) is 0 Å². The van der Waals surface area contributed by atoms with E-state index in [4.69, 9.17) is 14.0 Å². The summed E-state index contributed by atoms with van der Waals surface area (Å²) in [6.07, 6.45) is 1.83. The lowest BCUT2D eigenvalue weighted by Crippen LogP contribution is -2.62. The van der Waals surface area contributed by atoms with Crippen LogP contribution >= 0.6 is 0 Å². The van der Waals surface area contributed by atoms with Crippen molar-refractivity contribution in [2.45, 2.75) is 25.3 Å². The molecule has 2 fully saturated rings. The van der Waals surface area contributed by atoms with E-state index in [0.717, 1.165) is 58.8 Å². The number of methoxy groups -OCH3 is 1. The fourth-order valence-corrected chi connectivity index (χ4v) is 3.53. The summed E-state index contributed by atoms with van der Waals surface area (Å²) >= 11 is 0. The summed E-state index contributed by atoms with van der Waals surface area (Å²) < 4.78 is 16.0. The normalized spacial score (nSPS) is 21.7. The van der Waals surface area contributed by atoms with Crippen molar-refractivity contribution in [2.75, 3.05) is 53.1 Å². The first kappa shape index (κ1) is 16.4. The van der Waals surface area contributed by atoms with Gasteiger partial charge < -0.3 is 18.9 Å². The summed E-state index contributed by atoms with van der Waals surface area (Å²) in [7, 11) is 1.73. The smallest absolute Gasteiger partial charge is 0.276 e. The van der Waals surface area contributed by atoms with Gasteiger partial charge in [0.25, 0.3) is 5.91 Å². The number of hydrogen-bond donors (Lipinski definition) is 0. The van der Waals surface area contributed by atoms with E-state index in [0.29, 0.717) is 11.5 Å². The molecule has 0 radical (unpaired) electrons. The van der Waals surface area contributed by atoms with Crippen molar-refractivity contribution in [2.24, 2.45) is 0 Å². The average Bonchev–Trinajstić information content (AvgIpc) is 3.01. The standard InChI is InChI=1S/C16H25N3O4/c1-13-11-14(17-23-13)15(20)18-5-3-16(4-6-18)12-22-10-8-19(16)7-9-21-2/h11H,3-10,12H2,1-2H3. The first-order valence-corrected chi connectivity index (χ1v) is 8.19. The largest absolute Gasteiger partial charge is 0.383 e. The first-order valence-electron chi connectivity index (χ1n) is 8.19. The Hall–Kier alpha value is -1.44. The highest BCUT2D eigenvalue weighted by molar-refractivity contribution is 5.92. The summed E-state index contributed by atoms with van der Waals surface area (Å²) in [4.78, 5) is 16.8. The number of morpholine rings is 1. The molecule has 128 valence electrons. The molecule has 2 aliphatic heterocycles. The predicted molar refractivity (Wildman–Crippen MR) is 83.4 cm³/mol. The van der Waals surface area contributed by atoms with Crippen LogP contribution in [0.5, 0.6) is 0 Å². The lowest BCUT2D eigenvalue weighted by atomic mass is 9.85. The minimum atomic E-state index is -0.0446. The van der Waals surface area contributed by atoms with Crippen LogP contribution in [-0.2, 0) is 9.47 Å². The second kappa shape index (κ2) is 6.98. The van der Waals surface area contributed by atoms with Crippen molar-refractivity contribution in [3.8, 4) is 0 Å². The van der Waals surface area contributed by atoms with Gasteiger partial charge >= 0.3 is 0 Å². The predicted octanol–water partition coefficient (Wildman–Crippen LogP) is 0.936. The van der Waals surface area contributed by atoms with Crippen LogP contribution < -0.4 is 0 Å². The SMILES string of the molecule is COCCN1CCOCC12CCN(C(=O)c1cc(C)on1)CC2. The number of carbonyl (C=O) groups excluding carboxylic acids is 1. The van der Waals surface area contributed by atoms with Gasteiger partial charge in [0.1, 0.15) is 5.76 Å². The maximum atomic E-state index is 12.5. The summed E-state index contributed by atoms with van der Waals surface area (Å²) in [5, 5.41) is 3.83. The number of amides is 1. The number of aromatic nitrogens is 1. The molecule has 2 aliphatic rings. The van der Waals surface area contributed by atoms with E-state index in [2.05, 4.69) is 10.1 Å². The molecule has 0 saturated carbocycles. The van der Waals surface area contributed by atoms with Crippen LogP contribution in [0.4, 0.5) is 0 Å². The Labute approximate surface area is 136 Å². The van der Waals surface area contributed by atoms with Gasteiger partial charge in [-0.2, -0.15) is 0 Å². The Morgan fingerprint density at radius 1 is 1.39 bits per heavy atom. The number of piperidine rings is 1. The van der Waals surface area contributed by atoms with Crippen molar-refractivity contribution in [3.05, 3.63) is 17.5 Å². The van der Waals surface area contributed by atoms with Crippen molar-refractivity contribution in [1.82, 2.24) is 15.0 Å². The zero-order chi connectivity index (χ0) is 16.3. The van der Waals surface area contributed by atoms with Crippen molar-refractivity contribution >= 4 is 5.91 Å². The molecule has 0 unspecified atom stereocenters. The van der Waals surface area contributed by atoms with E-state index >= 15 is 0 Å². The van der Waals surface area contributed by atoms with E-state index in [1.807, 2.05) is 4.90 Å². The third-order valence-electron chi connectivity index (χ3n) is 4.94. The number of likely N-dealkylation sites (tertiary alicyclic amines) is 1. The van der Waals surface area contributed by atoms with Crippen molar-refractivity contribution in [3.63, 3.8) is 0 Å². The molecule has 1 aromatic heterocycles. The van der Waals surface area contributed by atoms with Crippen LogP contribution in [0.25, 0.3) is 0 Å². The zero-order valence-corrected chi connectivity index (χ0v) is 13.9. The third kappa shape index (κ3) is 3.41. The number of carbonyl (C=O) groups is 1. The molecule has 7 nitrogen and oxygen atoms in total. The zero-order valence-electron chi connectivity index (χ0n) is 13.9. The van der Waals surface area contributed by atoms with E-state index < -0.39 is 0 Å².